The van der Waals surface area contributed by atoms with Gasteiger partial charge in [-0.2, -0.15) is 11.1 Å². The second-order valence-electron chi connectivity index (χ2n) is 6.91. The fraction of sp³-hybridized carbons (Fsp3) is 0.200. The summed E-state index contributed by atoms with van der Waals surface area (Å²) in [6, 6.07) is 17.7. The fourth-order valence-electron chi connectivity index (χ4n) is 3.72. The van der Waals surface area contributed by atoms with Crippen LogP contribution in [0, 0.1) is 0 Å². The van der Waals surface area contributed by atoms with Crippen molar-refractivity contribution in [2.45, 2.75) is 19.1 Å². The Bertz CT molecular complexity index is 995. The molecule has 1 aromatic heterocycles. The normalized spacial score (nSPS) is 16.9. The molecular weight excluding hydrogens is 354 g/mol. The number of fused-ring (bicyclic) bond motifs is 1. The van der Waals surface area contributed by atoms with Crippen LogP contribution in [0.25, 0.3) is 11.4 Å². The minimum atomic E-state index is -0.183. The molecule has 8 heteroatoms. The number of H-pyrrole nitrogens is 1. The highest BCUT2D eigenvalue weighted by atomic mass is 16.2. The third kappa shape index (κ3) is 3.08. The summed E-state index contributed by atoms with van der Waals surface area (Å²) < 4.78 is 0. The smallest absolute Gasteiger partial charge is 0.254 e. The molecular formula is C20H21N7O. The summed E-state index contributed by atoms with van der Waals surface area (Å²) in [7, 11) is 0. The number of amides is 1. The first-order valence-electron chi connectivity index (χ1n) is 9.32. The minimum Gasteiger partial charge on any atom is -0.340 e. The highest BCUT2D eigenvalue weighted by molar-refractivity contribution is 5.96. The third-order valence-electron chi connectivity index (χ3n) is 5.16. The van der Waals surface area contributed by atoms with Crippen LogP contribution in [0.4, 0.5) is 0 Å². The van der Waals surface area contributed by atoms with Gasteiger partial charge in [-0.1, -0.05) is 48.5 Å². The van der Waals surface area contributed by atoms with Crippen LogP contribution in [0.2, 0.25) is 0 Å². The number of hydrogen-bond donors (Lipinski definition) is 5. The largest absolute Gasteiger partial charge is 0.340 e. The highest BCUT2D eigenvalue weighted by Gasteiger charge is 2.28. The quantitative estimate of drug-likeness (QED) is 0.475. The molecule has 5 rings (SSSR count). The summed E-state index contributed by atoms with van der Waals surface area (Å²) in [5.74, 6) is 0.879. The number of rotatable bonds is 3. The maximum Gasteiger partial charge on any atom is 0.254 e. The van der Waals surface area contributed by atoms with Crippen LogP contribution >= 0.6 is 0 Å². The van der Waals surface area contributed by atoms with Gasteiger partial charge in [-0.25, -0.2) is 15.8 Å². The molecule has 0 aliphatic carbocycles. The topological polar surface area (TPSA) is 97.1 Å². The summed E-state index contributed by atoms with van der Waals surface area (Å²) in [6.45, 7) is 1.19. The van der Waals surface area contributed by atoms with E-state index in [1.807, 2.05) is 59.5 Å². The van der Waals surface area contributed by atoms with Crippen molar-refractivity contribution >= 4 is 5.91 Å². The Kier molecular flexibility index (Phi) is 4.38. The Morgan fingerprint density at radius 2 is 1.75 bits per heavy atom. The van der Waals surface area contributed by atoms with Crippen molar-refractivity contribution in [1.29, 1.82) is 0 Å². The third-order valence-corrected chi connectivity index (χ3v) is 5.16. The van der Waals surface area contributed by atoms with Crippen LogP contribution in [0.3, 0.4) is 0 Å². The maximum absolute atomic E-state index is 13.3. The van der Waals surface area contributed by atoms with Crippen LogP contribution in [0.1, 0.15) is 33.5 Å². The van der Waals surface area contributed by atoms with E-state index in [1.54, 1.807) is 0 Å². The van der Waals surface area contributed by atoms with Gasteiger partial charge in [-0.3, -0.25) is 4.79 Å². The molecule has 0 spiro atoms. The van der Waals surface area contributed by atoms with Gasteiger partial charge in [-0.15, -0.1) is 0 Å². The zero-order valence-corrected chi connectivity index (χ0v) is 15.2. The summed E-state index contributed by atoms with van der Waals surface area (Å²) in [5.41, 5.74) is 16.4. The second-order valence-corrected chi connectivity index (χ2v) is 6.91. The summed E-state index contributed by atoms with van der Waals surface area (Å²) in [5, 5.41) is 0. The monoisotopic (exact) mass is 375 g/mol. The van der Waals surface area contributed by atoms with Crippen molar-refractivity contribution in [3.8, 4) is 11.4 Å². The van der Waals surface area contributed by atoms with Crippen LogP contribution in [0.5, 0.6) is 0 Å². The van der Waals surface area contributed by atoms with Gasteiger partial charge in [-0.05, 0) is 11.6 Å². The van der Waals surface area contributed by atoms with Crippen LogP contribution in [-0.2, 0) is 13.0 Å². The van der Waals surface area contributed by atoms with Crippen LogP contribution in [-0.4, -0.2) is 27.3 Å². The molecule has 1 fully saturated rings. The molecule has 0 radical (unpaired) electrons. The molecule has 28 heavy (non-hydrogen) atoms. The Morgan fingerprint density at radius 3 is 2.57 bits per heavy atom. The zero-order chi connectivity index (χ0) is 18.9. The average molecular weight is 375 g/mol. The molecule has 0 saturated carbocycles. The van der Waals surface area contributed by atoms with E-state index in [0.717, 1.165) is 34.8 Å². The fourth-order valence-corrected chi connectivity index (χ4v) is 3.72. The maximum atomic E-state index is 13.3. The molecule has 2 aliphatic heterocycles. The number of aromatic nitrogens is 2. The van der Waals surface area contributed by atoms with E-state index in [2.05, 4.69) is 26.9 Å². The van der Waals surface area contributed by atoms with Crippen LogP contribution < -0.4 is 21.9 Å². The Labute approximate surface area is 162 Å². The van der Waals surface area contributed by atoms with E-state index < -0.39 is 0 Å². The van der Waals surface area contributed by atoms with Gasteiger partial charge in [0.15, 0.2) is 0 Å². The number of nitrogens with one attached hydrogen (secondary N) is 5. The first kappa shape index (κ1) is 17.1. The number of carbonyl (C=O) groups is 1. The van der Waals surface area contributed by atoms with Gasteiger partial charge in [0.1, 0.15) is 12.0 Å². The van der Waals surface area contributed by atoms with Crippen molar-refractivity contribution in [3.63, 3.8) is 0 Å². The highest BCUT2D eigenvalue weighted by Crippen LogP contribution is 2.25. The molecule has 1 amide bonds. The minimum absolute atomic E-state index is 0.0209. The number of hydrazine groups is 3. The number of hydrogen-bond acceptors (Lipinski definition) is 6. The zero-order valence-electron chi connectivity index (χ0n) is 15.2. The molecule has 142 valence electrons. The standard InChI is InChI=1S/C20H21N7O/c28-20(15-9-5-4-8-14(15)19-23-25-26-24-19)27-11-10-16-17(12-27)22-18(21-16)13-6-2-1-3-7-13/h1-9,19,23-26H,10-12H2,(H,21,22). The molecule has 0 atom stereocenters. The molecule has 8 nitrogen and oxygen atoms in total. The number of nitrogens with zero attached hydrogens (tertiary/aromatic N) is 2. The molecule has 5 N–H and O–H groups in total. The lowest BCUT2D eigenvalue weighted by molar-refractivity contribution is 0.0730. The molecule has 0 bridgehead atoms. The van der Waals surface area contributed by atoms with E-state index in [4.69, 9.17) is 4.98 Å². The SMILES string of the molecule is O=C(c1ccccc1C1NNNN1)N1CCc2nc(-c3ccccc3)[nH]c2C1. The summed E-state index contributed by atoms with van der Waals surface area (Å²) in [4.78, 5) is 23.3. The van der Waals surface area contributed by atoms with E-state index in [0.29, 0.717) is 18.7 Å². The van der Waals surface area contributed by atoms with Crippen LogP contribution in [0.15, 0.2) is 54.6 Å². The first-order valence-corrected chi connectivity index (χ1v) is 9.32. The van der Waals surface area contributed by atoms with Crippen molar-refractivity contribution in [2.24, 2.45) is 0 Å². The van der Waals surface area contributed by atoms with Crippen molar-refractivity contribution < 1.29 is 4.79 Å². The first-order chi connectivity index (χ1) is 13.8. The van der Waals surface area contributed by atoms with E-state index in [-0.39, 0.29) is 12.1 Å². The Balaban J connectivity index is 1.39. The molecule has 0 unspecified atom stereocenters. The predicted octanol–water partition coefficient (Wildman–Crippen LogP) is 1.39. The Morgan fingerprint density at radius 1 is 1.00 bits per heavy atom. The van der Waals surface area contributed by atoms with Gasteiger partial charge in [0, 0.05) is 24.1 Å². The van der Waals surface area contributed by atoms with Gasteiger partial charge in [0.05, 0.1) is 17.9 Å². The number of imidazole rings is 1. The Hall–Kier alpha value is -3.04. The molecule has 3 aromatic rings. The van der Waals surface area contributed by atoms with Crippen molar-refractivity contribution in [3.05, 3.63) is 77.1 Å². The number of benzene rings is 2. The van der Waals surface area contributed by atoms with Gasteiger partial charge in [0.2, 0.25) is 0 Å². The summed E-state index contributed by atoms with van der Waals surface area (Å²) >= 11 is 0. The second kappa shape index (κ2) is 7.17. The molecule has 3 heterocycles. The van der Waals surface area contributed by atoms with E-state index in [9.17, 15) is 4.79 Å². The van der Waals surface area contributed by atoms with Crippen molar-refractivity contribution in [1.82, 2.24) is 36.8 Å². The predicted molar refractivity (Wildman–Crippen MR) is 104 cm³/mol. The summed E-state index contributed by atoms with van der Waals surface area (Å²) in [6.07, 6.45) is 0.563. The van der Waals surface area contributed by atoms with Gasteiger partial charge >= 0.3 is 0 Å². The molecule has 1 saturated heterocycles. The molecule has 2 aliphatic rings. The lowest BCUT2D eigenvalue weighted by Gasteiger charge is -2.27. The van der Waals surface area contributed by atoms with Gasteiger partial charge in [0.25, 0.3) is 5.91 Å². The molecule has 2 aromatic carbocycles. The van der Waals surface area contributed by atoms with E-state index in [1.165, 1.54) is 0 Å². The lowest BCUT2D eigenvalue weighted by Crippen LogP contribution is -2.37. The number of carbonyl (C=O) groups excluding carboxylic acids is 1. The van der Waals surface area contributed by atoms with Crippen molar-refractivity contribution in [2.75, 3.05) is 6.54 Å². The van der Waals surface area contributed by atoms with E-state index >= 15 is 0 Å². The number of aromatic amines is 1. The average Bonchev–Trinajstić information content (AvgIpc) is 3.43. The van der Waals surface area contributed by atoms with Gasteiger partial charge < -0.3 is 9.88 Å². The lowest BCUT2D eigenvalue weighted by atomic mass is 10.0.